The van der Waals surface area contributed by atoms with Crippen LogP contribution in [0.15, 0.2) is 17.1 Å². The topological polar surface area (TPSA) is 39.7 Å². The number of guanidine groups is 1. The third-order valence-electron chi connectivity index (χ3n) is 5.20. The van der Waals surface area contributed by atoms with Crippen molar-refractivity contribution in [3.8, 4) is 0 Å². The van der Waals surface area contributed by atoms with Crippen molar-refractivity contribution in [2.45, 2.75) is 59.4 Å². The number of halogens is 1. The summed E-state index contributed by atoms with van der Waals surface area (Å²) in [5.41, 5.74) is 5.59. The average molecular weight is 472 g/mol. The highest BCUT2D eigenvalue weighted by atomic mass is 127. The summed E-state index contributed by atoms with van der Waals surface area (Å²) in [4.78, 5) is 6.98. The molecule has 0 atom stereocenters. The van der Waals surface area contributed by atoms with Gasteiger partial charge in [-0.2, -0.15) is 0 Å². The number of hydrogen-bond donors (Lipinski definition) is 2. The third kappa shape index (κ3) is 7.06. The van der Waals surface area contributed by atoms with E-state index in [0.717, 1.165) is 18.9 Å². The minimum absolute atomic E-state index is 0. The number of benzene rings is 1. The molecule has 4 nitrogen and oxygen atoms in total. The molecule has 148 valence electrons. The van der Waals surface area contributed by atoms with E-state index in [1.807, 2.05) is 7.05 Å². The number of aryl methyl sites for hydroxylation is 3. The Hall–Kier alpha value is -0.820. The van der Waals surface area contributed by atoms with Crippen LogP contribution in [-0.4, -0.2) is 50.1 Å². The minimum atomic E-state index is 0. The Bertz CT molecular complexity index is 554. The molecule has 0 bridgehead atoms. The van der Waals surface area contributed by atoms with Crippen LogP contribution in [0.25, 0.3) is 0 Å². The molecule has 1 heterocycles. The fourth-order valence-electron chi connectivity index (χ4n) is 3.92. The van der Waals surface area contributed by atoms with Gasteiger partial charge >= 0.3 is 0 Å². The number of nitrogens with zero attached hydrogens (tertiary/aromatic N) is 2. The molecule has 1 fully saturated rings. The summed E-state index contributed by atoms with van der Waals surface area (Å²) in [7, 11) is 1.87. The van der Waals surface area contributed by atoms with E-state index >= 15 is 0 Å². The summed E-state index contributed by atoms with van der Waals surface area (Å²) >= 11 is 0. The lowest BCUT2D eigenvalue weighted by atomic mass is 9.97. The highest BCUT2D eigenvalue weighted by molar-refractivity contribution is 14.0. The summed E-state index contributed by atoms with van der Waals surface area (Å²) < 4.78 is 0. The zero-order valence-corrected chi connectivity index (χ0v) is 19.5. The molecule has 0 spiro atoms. The van der Waals surface area contributed by atoms with Crippen LogP contribution in [0.1, 0.15) is 48.4 Å². The minimum Gasteiger partial charge on any atom is -0.356 e. The monoisotopic (exact) mass is 472 g/mol. The number of hydrogen-bond acceptors (Lipinski definition) is 2. The number of aliphatic imine (C=N–C) groups is 1. The van der Waals surface area contributed by atoms with Gasteiger partial charge < -0.3 is 15.5 Å². The first-order chi connectivity index (χ1) is 12.0. The highest BCUT2D eigenvalue weighted by Gasteiger charge is 2.19. The van der Waals surface area contributed by atoms with Gasteiger partial charge in [-0.05, 0) is 69.7 Å². The SMILES string of the molecule is CCCN1CCC(NC(=NC)NCCc2c(C)cc(C)cc2C)CC1.I. The lowest BCUT2D eigenvalue weighted by Gasteiger charge is -2.32. The predicted molar refractivity (Wildman–Crippen MR) is 124 cm³/mol. The van der Waals surface area contributed by atoms with Gasteiger partial charge in [0.2, 0.25) is 0 Å². The molecule has 2 rings (SSSR count). The van der Waals surface area contributed by atoms with Gasteiger partial charge in [0.15, 0.2) is 5.96 Å². The van der Waals surface area contributed by atoms with Gasteiger partial charge in [-0.1, -0.05) is 24.6 Å². The standard InChI is InChI=1S/C21H36N4.HI/c1-6-11-25-12-8-19(9-13-25)24-21(22-5)23-10-7-20-17(3)14-16(2)15-18(20)4;/h14-15,19H,6-13H2,1-5H3,(H2,22,23,24);1H. The number of nitrogens with one attached hydrogen (secondary N) is 2. The van der Waals surface area contributed by atoms with Crippen molar-refractivity contribution in [2.24, 2.45) is 4.99 Å². The maximum atomic E-state index is 4.41. The molecule has 0 aromatic heterocycles. The average Bonchev–Trinajstić information content (AvgIpc) is 2.58. The Balaban J connectivity index is 0.00000338. The van der Waals surface area contributed by atoms with Crippen LogP contribution in [0.5, 0.6) is 0 Å². The molecule has 1 aromatic carbocycles. The summed E-state index contributed by atoms with van der Waals surface area (Å²) in [6.07, 6.45) is 4.69. The molecule has 26 heavy (non-hydrogen) atoms. The first-order valence-corrected chi connectivity index (χ1v) is 9.79. The van der Waals surface area contributed by atoms with E-state index in [0.29, 0.717) is 6.04 Å². The van der Waals surface area contributed by atoms with E-state index in [4.69, 9.17) is 0 Å². The Kier molecular flexibility index (Phi) is 10.5. The van der Waals surface area contributed by atoms with E-state index in [-0.39, 0.29) is 24.0 Å². The summed E-state index contributed by atoms with van der Waals surface area (Å²) in [5, 5.41) is 7.10. The van der Waals surface area contributed by atoms with Crippen LogP contribution >= 0.6 is 24.0 Å². The molecule has 1 saturated heterocycles. The molecule has 5 heteroatoms. The lowest BCUT2D eigenvalue weighted by Crippen LogP contribution is -2.49. The van der Waals surface area contributed by atoms with Gasteiger partial charge in [0, 0.05) is 32.7 Å². The van der Waals surface area contributed by atoms with Gasteiger partial charge in [-0.3, -0.25) is 4.99 Å². The fraction of sp³-hybridized carbons (Fsp3) is 0.667. The maximum absolute atomic E-state index is 4.41. The Morgan fingerprint density at radius 3 is 2.31 bits per heavy atom. The van der Waals surface area contributed by atoms with Crippen molar-refractivity contribution in [3.05, 3.63) is 34.4 Å². The van der Waals surface area contributed by atoms with Gasteiger partial charge in [0.25, 0.3) is 0 Å². The first-order valence-electron chi connectivity index (χ1n) is 9.79. The number of piperidine rings is 1. The highest BCUT2D eigenvalue weighted by Crippen LogP contribution is 2.16. The third-order valence-corrected chi connectivity index (χ3v) is 5.20. The van der Waals surface area contributed by atoms with Crippen molar-refractivity contribution in [1.29, 1.82) is 0 Å². The van der Waals surface area contributed by atoms with E-state index in [1.165, 1.54) is 61.2 Å². The van der Waals surface area contributed by atoms with Crippen molar-refractivity contribution in [3.63, 3.8) is 0 Å². The molecule has 1 aliphatic rings. The van der Waals surface area contributed by atoms with Gasteiger partial charge in [-0.15, -0.1) is 24.0 Å². The van der Waals surface area contributed by atoms with Crippen LogP contribution in [0.2, 0.25) is 0 Å². The van der Waals surface area contributed by atoms with E-state index in [1.54, 1.807) is 0 Å². The number of likely N-dealkylation sites (tertiary alicyclic amines) is 1. The molecule has 1 aromatic rings. The smallest absolute Gasteiger partial charge is 0.191 e. The van der Waals surface area contributed by atoms with E-state index < -0.39 is 0 Å². The summed E-state index contributed by atoms with van der Waals surface area (Å²) in [6.45, 7) is 13.4. The largest absolute Gasteiger partial charge is 0.356 e. The molecular weight excluding hydrogens is 435 g/mol. The molecule has 0 amide bonds. The maximum Gasteiger partial charge on any atom is 0.191 e. The first kappa shape index (κ1) is 23.2. The van der Waals surface area contributed by atoms with Crippen molar-refractivity contribution >= 4 is 29.9 Å². The molecular formula is C21H37IN4. The molecule has 0 aliphatic carbocycles. The van der Waals surface area contributed by atoms with E-state index in [9.17, 15) is 0 Å². The lowest BCUT2D eigenvalue weighted by molar-refractivity contribution is 0.206. The van der Waals surface area contributed by atoms with Gasteiger partial charge in [0.1, 0.15) is 0 Å². The summed E-state index contributed by atoms with van der Waals surface area (Å²) in [5.74, 6) is 0.941. The van der Waals surface area contributed by atoms with Gasteiger partial charge in [-0.25, -0.2) is 0 Å². The molecule has 0 radical (unpaired) electrons. The van der Waals surface area contributed by atoms with Gasteiger partial charge in [0.05, 0.1) is 0 Å². The van der Waals surface area contributed by atoms with Crippen LogP contribution in [0, 0.1) is 20.8 Å². The van der Waals surface area contributed by atoms with Crippen LogP contribution < -0.4 is 10.6 Å². The molecule has 0 saturated carbocycles. The second-order valence-electron chi connectivity index (χ2n) is 7.39. The quantitative estimate of drug-likeness (QED) is 0.376. The zero-order chi connectivity index (χ0) is 18.2. The van der Waals surface area contributed by atoms with Crippen molar-refractivity contribution < 1.29 is 0 Å². The molecule has 2 N–H and O–H groups in total. The Labute approximate surface area is 177 Å². The zero-order valence-electron chi connectivity index (χ0n) is 17.2. The van der Waals surface area contributed by atoms with Crippen molar-refractivity contribution in [2.75, 3.05) is 33.2 Å². The number of rotatable bonds is 6. The second kappa shape index (κ2) is 11.8. The Morgan fingerprint density at radius 2 is 1.77 bits per heavy atom. The summed E-state index contributed by atoms with van der Waals surface area (Å²) in [6, 6.07) is 5.10. The van der Waals surface area contributed by atoms with E-state index in [2.05, 4.69) is 60.4 Å². The molecule has 1 aliphatic heterocycles. The van der Waals surface area contributed by atoms with Crippen molar-refractivity contribution in [1.82, 2.24) is 15.5 Å². The normalized spacial score (nSPS) is 16.3. The van der Waals surface area contributed by atoms with Crippen LogP contribution in [0.4, 0.5) is 0 Å². The molecule has 0 unspecified atom stereocenters. The fourth-order valence-corrected chi connectivity index (χ4v) is 3.92. The predicted octanol–water partition coefficient (Wildman–Crippen LogP) is 3.81. The Morgan fingerprint density at radius 1 is 1.15 bits per heavy atom. The van der Waals surface area contributed by atoms with Crippen LogP contribution in [0.3, 0.4) is 0 Å². The van der Waals surface area contributed by atoms with Crippen LogP contribution in [-0.2, 0) is 6.42 Å². The second-order valence-corrected chi connectivity index (χ2v) is 7.39.